The zero-order valence-corrected chi connectivity index (χ0v) is 10.9. The summed E-state index contributed by atoms with van der Waals surface area (Å²) in [6, 6.07) is 3.91. The van der Waals surface area contributed by atoms with E-state index in [0.29, 0.717) is 11.5 Å². The number of terminal acetylenes is 1. The summed E-state index contributed by atoms with van der Waals surface area (Å²) in [5.41, 5.74) is 1.02. The third-order valence-electron chi connectivity index (χ3n) is 3.03. The summed E-state index contributed by atoms with van der Waals surface area (Å²) in [5.74, 6) is 4.30. The quantitative estimate of drug-likeness (QED) is 0.792. The van der Waals surface area contributed by atoms with Crippen LogP contribution in [0.2, 0.25) is 0 Å². The number of rotatable bonds is 3. The van der Waals surface area contributed by atoms with Crippen LogP contribution in [0.4, 0.5) is 0 Å². The molecule has 1 fully saturated rings. The maximum absolute atomic E-state index is 5.59. The molecule has 84 valence electrons. The van der Waals surface area contributed by atoms with Gasteiger partial charge in [0.25, 0.3) is 0 Å². The van der Waals surface area contributed by atoms with E-state index in [1.165, 1.54) is 0 Å². The molecule has 1 aliphatic carbocycles. The van der Waals surface area contributed by atoms with Crippen molar-refractivity contribution in [2.75, 3.05) is 14.2 Å². The summed E-state index contributed by atoms with van der Waals surface area (Å²) in [4.78, 5) is 0. The Morgan fingerprint density at radius 2 is 2.00 bits per heavy atom. The van der Waals surface area contributed by atoms with E-state index in [9.17, 15) is 0 Å². The molecule has 0 N–H and O–H groups in total. The first-order chi connectivity index (χ1) is 7.68. The molecular weight excluding hydrogens is 268 g/mol. The van der Waals surface area contributed by atoms with Crippen LogP contribution in [-0.4, -0.2) is 14.2 Å². The molecule has 0 saturated heterocycles. The van der Waals surface area contributed by atoms with Crippen LogP contribution in [0.25, 0.3) is 0 Å². The molecule has 1 aromatic carbocycles. The molecule has 0 aromatic heterocycles. The zero-order chi connectivity index (χ0) is 11.8. The Kier molecular flexibility index (Phi) is 2.86. The second-order valence-corrected chi connectivity index (χ2v) is 4.68. The summed E-state index contributed by atoms with van der Waals surface area (Å²) in [7, 11) is 3.25. The topological polar surface area (TPSA) is 18.5 Å². The van der Waals surface area contributed by atoms with E-state index in [0.717, 1.165) is 22.9 Å². The van der Waals surface area contributed by atoms with Crippen molar-refractivity contribution in [1.82, 2.24) is 0 Å². The van der Waals surface area contributed by atoms with Gasteiger partial charge >= 0.3 is 0 Å². The molecule has 0 heterocycles. The van der Waals surface area contributed by atoms with Gasteiger partial charge in [0.15, 0.2) is 11.5 Å². The van der Waals surface area contributed by atoms with E-state index >= 15 is 0 Å². The fraction of sp³-hybridized carbons (Fsp3) is 0.385. The van der Waals surface area contributed by atoms with Crippen molar-refractivity contribution in [2.45, 2.75) is 18.3 Å². The second kappa shape index (κ2) is 4.03. The Labute approximate surface area is 104 Å². The van der Waals surface area contributed by atoms with Crippen molar-refractivity contribution >= 4 is 15.9 Å². The Morgan fingerprint density at radius 1 is 1.31 bits per heavy atom. The van der Waals surface area contributed by atoms with Gasteiger partial charge in [0.1, 0.15) is 0 Å². The second-order valence-electron chi connectivity index (χ2n) is 3.89. The van der Waals surface area contributed by atoms with Gasteiger partial charge in [-0.3, -0.25) is 0 Å². The highest BCUT2D eigenvalue weighted by atomic mass is 79.9. The van der Waals surface area contributed by atoms with Gasteiger partial charge in [0.2, 0.25) is 0 Å². The highest BCUT2D eigenvalue weighted by molar-refractivity contribution is 9.10. The molecule has 1 aliphatic rings. The van der Waals surface area contributed by atoms with Gasteiger partial charge in [-0.2, -0.15) is 0 Å². The van der Waals surface area contributed by atoms with Crippen molar-refractivity contribution in [1.29, 1.82) is 0 Å². The summed E-state index contributed by atoms with van der Waals surface area (Å²) < 4.78 is 11.5. The average Bonchev–Trinajstić information content (AvgIpc) is 3.09. The monoisotopic (exact) mass is 280 g/mol. The van der Waals surface area contributed by atoms with Crippen molar-refractivity contribution in [2.24, 2.45) is 0 Å². The van der Waals surface area contributed by atoms with E-state index in [1.54, 1.807) is 14.2 Å². The van der Waals surface area contributed by atoms with Crippen molar-refractivity contribution in [3.05, 3.63) is 22.2 Å². The molecule has 0 amide bonds. The molecule has 2 nitrogen and oxygen atoms in total. The number of hydrogen-bond acceptors (Lipinski definition) is 2. The maximum atomic E-state index is 5.59. The molecule has 3 heteroatoms. The molecule has 1 saturated carbocycles. The van der Waals surface area contributed by atoms with Crippen LogP contribution in [0.15, 0.2) is 16.6 Å². The zero-order valence-electron chi connectivity index (χ0n) is 9.34. The molecule has 0 radical (unpaired) electrons. The number of methoxy groups -OCH3 is 2. The highest BCUT2D eigenvalue weighted by Crippen LogP contribution is 2.53. The highest BCUT2D eigenvalue weighted by Gasteiger charge is 2.44. The number of halogens is 1. The largest absolute Gasteiger partial charge is 0.493 e. The van der Waals surface area contributed by atoms with E-state index < -0.39 is 0 Å². The molecule has 2 rings (SSSR count). The van der Waals surface area contributed by atoms with E-state index in [-0.39, 0.29) is 5.41 Å². The minimum atomic E-state index is -0.0988. The van der Waals surface area contributed by atoms with Gasteiger partial charge in [-0.1, -0.05) is 12.0 Å². The lowest BCUT2D eigenvalue weighted by molar-refractivity contribution is 0.352. The SMILES string of the molecule is C#CC1(c2ccc(OC)c(OC)c2Br)CC1. The number of hydrogen-bond donors (Lipinski definition) is 0. The van der Waals surface area contributed by atoms with Gasteiger partial charge in [-0.05, 0) is 40.4 Å². The van der Waals surface area contributed by atoms with Crippen LogP contribution in [0.3, 0.4) is 0 Å². The molecule has 1 aromatic rings. The van der Waals surface area contributed by atoms with Crippen molar-refractivity contribution in [3.63, 3.8) is 0 Å². The molecule has 0 bridgehead atoms. The van der Waals surface area contributed by atoms with Crippen LogP contribution >= 0.6 is 15.9 Å². The standard InChI is InChI=1S/C13H13BrO2/c1-4-13(7-8-13)9-5-6-10(15-2)12(16-3)11(9)14/h1,5-6H,7-8H2,2-3H3. The minimum Gasteiger partial charge on any atom is -0.493 e. The van der Waals surface area contributed by atoms with Gasteiger partial charge in [-0.15, -0.1) is 6.42 Å². The first kappa shape index (κ1) is 11.3. The summed E-state index contributed by atoms with van der Waals surface area (Å²) in [5, 5.41) is 0. The van der Waals surface area contributed by atoms with Crippen LogP contribution in [0.1, 0.15) is 18.4 Å². The smallest absolute Gasteiger partial charge is 0.175 e. The van der Waals surface area contributed by atoms with Crippen LogP contribution in [0.5, 0.6) is 11.5 Å². The lowest BCUT2D eigenvalue weighted by Gasteiger charge is -2.16. The van der Waals surface area contributed by atoms with Crippen LogP contribution < -0.4 is 9.47 Å². The fourth-order valence-electron chi connectivity index (χ4n) is 1.88. The molecule has 0 atom stereocenters. The number of benzene rings is 1. The summed E-state index contributed by atoms with van der Waals surface area (Å²) in [6.07, 6.45) is 7.67. The fourth-order valence-corrected chi connectivity index (χ4v) is 2.74. The van der Waals surface area contributed by atoms with E-state index in [4.69, 9.17) is 15.9 Å². The third-order valence-corrected chi connectivity index (χ3v) is 3.81. The maximum Gasteiger partial charge on any atom is 0.175 e. The normalized spacial score (nSPS) is 16.4. The molecular formula is C13H13BrO2. The van der Waals surface area contributed by atoms with Gasteiger partial charge < -0.3 is 9.47 Å². The van der Waals surface area contributed by atoms with Crippen molar-refractivity contribution in [3.8, 4) is 23.8 Å². The Bertz CT molecular complexity index is 456. The summed E-state index contributed by atoms with van der Waals surface area (Å²) in [6.45, 7) is 0. The van der Waals surface area contributed by atoms with Gasteiger partial charge in [0.05, 0.1) is 24.1 Å². The molecule has 16 heavy (non-hydrogen) atoms. The first-order valence-corrected chi connectivity index (χ1v) is 5.86. The summed E-state index contributed by atoms with van der Waals surface area (Å²) >= 11 is 3.55. The Hall–Kier alpha value is -1.14. The molecule has 0 unspecified atom stereocenters. The van der Waals surface area contributed by atoms with E-state index in [1.807, 2.05) is 12.1 Å². The molecule has 0 aliphatic heterocycles. The van der Waals surface area contributed by atoms with Crippen LogP contribution in [0, 0.1) is 12.3 Å². The minimum absolute atomic E-state index is 0.0988. The third kappa shape index (κ3) is 1.58. The molecule has 0 spiro atoms. The van der Waals surface area contributed by atoms with Crippen molar-refractivity contribution < 1.29 is 9.47 Å². The lowest BCUT2D eigenvalue weighted by atomic mass is 9.96. The Balaban J connectivity index is 2.54. The predicted octanol–water partition coefficient (Wildman–Crippen LogP) is 3.13. The Morgan fingerprint density at radius 3 is 2.44 bits per heavy atom. The average molecular weight is 281 g/mol. The van der Waals surface area contributed by atoms with E-state index in [2.05, 4.69) is 21.9 Å². The van der Waals surface area contributed by atoms with Gasteiger partial charge in [-0.25, -0.2) is 0 Å². The first-order valence-electron chi connectivity index (χ1n) is 5.07. The number of ether oxygens (including phenoxy) is 2. The van der Waals surface area contributed by atoms with Gasteiger partial charge in [0, 0.05) is 0 Å². The van der Waals surface area contributed by atoms with Crippen LogP contribution in [-0.2, 0) is 5.41 Å². The lowest BCUT2D eigenvalue weighted by Crippen LogP contribution is -2.05. The predicted molar refractivity (Wildman–Crippen MR) is 67.0 cm³/mol.